The van der Waals surface area contributed by atoms with Gasteiger partial charge in [0, 0.05) is 13.1 Å². The van der Waals surface area contributed by atoms with Gasteiger partial charge in [0.2, 0.25) is 5.88 Å². The smallest absolute Gasteiger partial charge is 0.417 e. The number of rotatable bonds is 5. The SMILES string of the molecule is Cc1c(OCc2ccc(Oc3ccc(C#N)c(C(F)(F)F)c3)c(C#N)c2)nc(=O)n2c1NCC2. The number of hydrogen-bond donors (Lipinski definition) is 1. The van der Waals surface area contributed by atoms with Crippen molar-refractivity contribution < 1.29 is 22.6 Å². The summed E-state index contributed by atoms with van der Waals surface area (Å²) in [7, 11) is 0. The number of ether oxygens (including phenoxy) is 2. The van der Waals surface area contributed by atoms with Crippen molar-refractivity contribution in [3.8, 4) is 29.5 Å². The first-order valence-corrected chi connectivity index (χ1v) is 10.0. The molecule has 1 aromatic heterocycles. The molecule has 0 amide bonds. The van der Waals surface area contributed by atoms with Crippen LogP contribution in [0.1, 0.15) is 27.8 Å². The van der Waals surface area contributed by atoms with Crippen LogP contribution in [0.15, 0.2) is 41.2 Å². The fourth-order valence-corrected chi connectivity index (χ4v) is 3.53. The lowest BCUT2D eigenvalue weighted by Crippen LogP contribution is -2.22. The number of nitriles is 2. The molecule has 0 spiro atoms. The molecular formula is C23H16F3N5O3. The predicted octanol–water partition coefficient (Wildman–Crippen LogP) is 4.11. The third-order valence-electron chi connectivity index (χ3n) is 5.19. The van der Waals surface area contributed by atoms with Crippen molar-refractivity contribution >= 4 is 5.82 Å². The molecule has 2 heterocycles. The Kier molecular flexibility index (Phi) is 5.86. The number of nitrogens with zero attached hydrogens (tertiary/aromatic N) is 4. The van der Waals surface area contributed by atoms with E-state index in [0.29, 0.717) is 36.1 Å². The van der Waals surface area contributed by atoms with Crippen LogP contribution in [0.3, 0.4) is 0 Å². The molecule has 4 rings (SSSR count). The van der Waals surface area contributed by atoms with Crippen molar-refractivity contribution in [2.24, 2.45) is 0 Å². The summed E-state index contributed by atoms with van der Waals surface area (Å²) in [5.74, 6) is 0.690. The number of aromatic nitrogens is 2. The number of hydrogen-bond acceptors (Lipinski definition) is 7. The van der Waals surface area contributed by atoms with E-state index in [4.69, 9.17) is 14.7 Å². The number of halogens is 3. The van der Waals surface area contributed by atoms with E-state index in [1.165, 1.54) is 28.8 Å². The molecule has 0 aliphatic carbocycles. The average molecular weight is 467 g/mol. The molecule has 0 radical (unpaired) electrons. The van der Waals surface area contributed by atoms with E-state index in [1.807, 2.05) is 6.07 Å². The van der Waals surface area contributed by atoms with Crippen LogP contribution < -0.4 is 20.5 Å². The minimum atomic E-state index is -4.73. The molecule has 8 nitrogen and oxygen atoms in total. The maximum absolute atomic E-state index is 13.2. The Morgan fingerprint density at radius 3 is 2.62 bits per heavy atom. The molecule has 34 heavy (non-hydrogen) atoms. The van der Waals surface area contributed by atoms with Gasteiger partial charge in [-0.05, 0) is 42.8 Å². The fourth-order valence-electron chi connectivity index (χ4n) is 3.53. The van der Waals surface area contributed by atoms with Gasteiger partial charge in [-0.15, -0.1) is 0 Å². The van der Waals surface area contributed by atoms with Gasteiger partial charge in [-0.25, -0.2) is 4.79 Å². The summed E-state index contributed by atoms with van der Waals surface area (Å²) in [6.07, 6.45) is -4.73. The number of fused-ring (bicyclic) bond motifs is 1. The molecule has 2 aromatic carbocycles. The summed E-state index contributed by atoms with van der Waals surface area (Å²) in [5, 5.41) is 21.5. The van der Waals surface area contributed by atoms with Gasteiger partial charge in [0.1, 0.15) is 30.0 Å². The molecule has 0 saturated carbocycles. The van der Waals surface area contributed by atoms with Gasteiger partial charge in [-0.2, -0.15) is 28.7 Å². The van der Waals surface area contributed by atoms with E-state index in [0.717, 1.165) is 6.07 Å². The minimum Gasteiger partial charge on any atom is -0.472 e. The molecule has 1 aliphatic heterocycles. The van der Waals surface area contributed by atoms with Crippen LogP contribution in [0, 0.1) is 29.6 Å². The molecule has 1 aliphatic rings. The van der Waals surface area contributed by atoms with Gasteiger partial charge in [0.05, 0.1) is 28.3 Å². The van der Waals surface area contributed by atoms with Crippen LogP contribution in [0.25, 0.3) is 0 Å². The van der Waals surface area contributed by atoms with Crippen molar-refractivity contribution in [2.45, 2.75) is 26.3 Å². The highest BCUT2D eigenvalue weighted by atomic mass is 19.4. The number of alkyl halides is 3. The Morgan fingerprint density at radius 2 is 1.91 bits per heavy atom. The van der Waals surface area contributed by atoms with Crippen molar-refractivity contribution in [3.63, 3.8) is 0 Å². The van der Waals surface area contributed by atoms with Crippen LogP contribution in [-0.4, -0.2) is 16.1 Å². The van der Waals surface area contributed by atoms with Gasteiger partial charge in [-0.1, -0.05) is 6.07 Å². The van der Waals surface area contributed by atoms with E-state index < -0.39 is 23.0 Å². The zero-order valence-electron chi connectivity index (χ0n) is 17.7. The highest BCUT2D eigenvalue weighted by Gasteiger charge is 2.34. The Bertz CT molecular complexity index is 1420. The highest BCUT2D eigenvalue weighted by molar-refractivity contribution is 5.52. The number of nitrogens with one attached hydrogen (secondary N) is 1. The molecule has 0 fully saturated rings. The second-order valence-corrected chi connectivity index (χ2v) is 7.40. The summed E-state index contributed by atoms with van der Waals surface area (Å²) in [6, 6.07) is 10.9. The maximum atomic E-state index is 13.2. The van der Waals surface area contributed by atoms with Crippen LogP contribution in [0.5, 0.6) is 17.4 Å². The molecular weight excluding hydrogens is 451 g/mol. The molecule has 11 heteroatoms. The van der Waals surface area contributed by atoms with Crippen LogP contribution in [-0.2, 0) is 19.3 Å². The van der Waals surface area contributed by atoms with E-state index in [1.54, 1.807) is 13.0 Å². The van der Waals surface area contributed by atoms with E-state index in [9.17, 15) is 23.2 Å². The second-order valence-electron chi connectivity index (χ2n) is 7.40. The summed E-state index contributed by atoms with van der Waals surface area (Å²) < 4.78 is 52.3. The van der Waals surface area contributed by atoms with Gasteiger partial charge in [0.25, 0.3) is 0 Å². The van der Waals surface area contributed by atoms with Gasteiger partial charge in [-0.3, -0.25) is 4.57 Å². The van der Waals surface area contributed by atoms with E-state index in [-0.39, 0.29) is 29.5 Å². The number of benzene rings is 2. The zero-order chi connectivity index (χ0) is 24.5. The van der Waals surface area contributed by atoms with E-state index >= 15 is 0 Å². The minimum absolute atomic E-state index is 0.000775. The normalized spacial score (nSPS) is 12.3. The Hall–Kier alpha value is -4.51. The van der Waals surface area contributed by atoms with Crippen molar-refractivity contribution in [1.82, 2.24) is 9.55 Å². The van der Waals surface area contributed by atoms with Crippen LogP contribution in [0.2, 0.25) is 0 Å². The first-order chi connectivity index (χ1) is 16.2. The predicted molar refractivity (Wildman–Crippen MR) is 113 cm³/mol. The summed E-state index contributed by atoms with van der Waals surface area (Å²) in [4.78, 5) is 16.1. The lowest BCUT2D eigenvalue weighted by Gasteiger charge is -2.14. The molecule has 0 unspecified atom stereocenters. The first kappa shape index (κ1) is 22.7. The standard InChI is InChI=1S/C23H16F3N5O3/c1-13-20-29-6-7-31(20)22(32)30-21(13)33-12-14-2-5-19(16(8-14)11-28)34-17-4-3-15(10-27)18(9-17)23(24,25)26/h2-5,8-9,29H,6-7,12H2,1H3. The summed E-state index contributed by atoms with van der Waals surface area (Å²) in [5.41, 5.74) is -0.771. The molecule has 0 bridgehead atoms. The Morgan fingerprint density at radius 1 is 1.15 bits per heavy atom. The van der Waals surface area contributed by atoms with Gasteiger partial charge >= 0.3 is 11.9 Å². The zero-order valence-corrected chi connectivity index (χ0v) is 17.7. The van der Waals surface area contributed by atoms with Crippen LogP contribution >= 0.6 is 0 Å². The molecule has 0 saturated heterocycles. The molecule has 1 N–H and O–H groups in total. The lowest BCUT2D eigenvalue weighted by molar-refractivity contribution is -0.137. The van der Waals surface area contributed by atoms with E-state index in [2.05, 4.69) is 10.3 Å². The Balaban J connectivity index is 1.55. The highest BCUT2D eigenvalue weighted by Crippen LogP contribution is 2.36. The lowest BCUT2D eigenvalue weighted by atomic mass is 10.1. The monoisotopic (exact) mass is 467 g/mol. The van der Waals surface area contributed by atoms with Crippen molar-refractivity contribution in [1.29, 1.82) is 10.5 Å². The largest absolute Gasteiger partial charge is 0.472 e. The van der Waals surface area contributed by atoms with Gasteiger partial charge < -0.3 is 14.8 Å². The van der Waals surface area contributed by atoms with Crippen molar-refractivity contribution in [2.75, 3.05) is 11.9 Å². The second kappa shape index (κ2) is 8.79. The maximum Gasteiger partial charge on any atom is 0.417 e. The molecule has 0 atom stereocenters. The third kappa shape index (κ3) is 4.36. The quantitative estimate of drug-likeness (QED) is 0.601. The number of anilines is 1. The first-order valence-electron chi connectivity index (χ1n) is 10.0. The van der Waals surface area contributed by atoms with Gasteiger partial charge in [0.15, 0.2) is 0 Å². The van der Waals surface area contributed by atoms with Crippen molar-refractivity contribution in [3.05, 3.63) is 74.7 Å². The average Bonchev–Trinajstić information content (AvgIpc) is 3.31. The third-order valence-corrected chi connectivity index (χ3v) is 5.19. The molecule has 172 valence electrons. The Labute approximate surface area is 191 Å². The topological polar surface area (TPSA) is 113 Å². The molecule has 3 aromatic rings. The van der Waals surface area contributed by atoms with Crippen LogP contribution in [0.4, 0.5) is 19.0 Å². The summed E-state index contributed by atoms with van der Waals surface area (Å²) in [6.45, 7) is 2.92. The summed E-state index contributed by atoms with van der Waals surface area (Å²) >= 11 is 0. The fraction of sp³-hybridized carbons (Fsp3) is 0.217.